The predicted octanol–water partition coefficient (Wildman–Crippen LogP) is 3.16. The highest BCUT2D eigenvalue weighted by Crippen LogP contribution is 2.33. The van der Waals surface area contributed by atoms with Crippen LogP contribution in [-0.4, -0.2) is 14.8 Å². The molecule has 3 nitrogen and oxygen atoms in total. The van der Waals surface area contributed by atoms with Crippen molar-refractivity contribution < 1.29 is 0 Å². The van der Waals surface area contributed by atoms with E-state index in [9.17, 15) is 0 Å². The number of rotatable bonds is 3. The van der Waals surface area contributed by atoms with Crippen molar-refractivity contribution >= 4 is 11.6 Å². The van der Waals surface area contributed by atoms with Gasteiger partial charge < -0.3 is 0 Å². The van der Waals surface area contributed by atoms with Crippen molar-refractivity contribution in [2.45, 2.75) is 50.9 Å². The molecule has 1 saturated carbocycles. The van der Waals surface area contributed by atoms with Crippen molar-refractivity contribution in [1.82, 2.24) is 14.8 Å². The summed E-state index contributed by atoms with van der Waals surface area (Å²) in [6, 6.07) is 0.532. The Bertz CT molecular complexity index is 303. The molecule has 15 heavy (non-hydrogen) atoms. The molecule has 1 aromatic rings. The first-order valence-electron chi connectivity index (χ1n) is 5.79. The molecule has 0 unspecified atom stereocenters. The molecule has 1 aliphatic carbocycles. The van der Waals surface area contributed by atoms with Crippen LogP contribution >= 0.6 is 11.6 Å². The lowest BCUT2D eigenvalue weighted by Crippen LogP contribution is -2.20. The van der Waals surface area contributed by atoms with Crippen LogP contribution in [0.4, 0.5) is 0 Å². The van der Waals surface area contributed by atoms with Crippen LogP contribution in [-0.2, 0) is 5.88 Å². The quantitative estimate of drug-likeness (QED) is 0.743. The van der Waals surface area contributed by atoms with E-state index < -0.39 is 0 Å². The maximum absolute atomic E-state index is 5.83. The highest BCUT2D eigenvalue weighted by atomic mass is 35.5. The number of hydrogen-bond donors (Lipinski definition) is 0. The van der Waals surface area contributed by atoms with Crippen molar-refractivity contribution in [3.8, 4) is 0 Å². The maximum Gasteiger partial charge on any atom is 0.142 e. The van der Waals surface area contributed by atoms with Crippen molar-refractivity contribution in [2.24, 2.45) is 5.92 Å². The first-order valence-corrected chi connectivity index (χ1v) is 6.33. The summed E-state index contributed by atoms with van der Waals surface area (Å²) in [5.74, 6) is 2.30. The van der Waals surface area contributed by atoms with Crippen LogP contribution in [0.25, 0.3) is 0 Å². The van der Waals surface area contributed by atoms with Gasteiger partial charge in [0.15, 0.2) is 0 Å². The number of nitrogens with zero attached hydrogens (tertiary/aromatic N) is 3. The fourth-order valence-corrected chi connectivity index (χ4v) is 2.66. The first-order chi connectivity index (χ1) is 7.35. The molecule has 0 bridgehead atoms. The zero-order chi connectivity index (χ0) is 10.7. The lowest BCUT2D eigenvalue weighted by Gasteiger charge is -2.28. The van der Waals surface area contributed by atoms with Crippen molar-refractivity contribution in [3.05, 3.63) is 12.2 Å². The van der Waals surface area contributed by atoms with E-state index in [1.165, 1.54) is 32.1 Å². The Kier molecular flexibility index (Phi) is 3.62. The molecule has 0 aliphatic heterocycles. The van der Waals surface area contributed by atoms with Gasteiger partial charge in [0, 0.05) is 0 Å². The number of halogens is 1. The van der Waals surface area contributed by atoms with Crippen molar-refractivity contribution in [2.75, 3.05) is 0 Å². The molecule has 0 aromatic carbocycles. The summed E-state index contributed by atoms with van der Waals surface area (Å²) in [4.78, 5) is 4.17. The Morgan fingerprint density at radius 2 is 2.13 bits per heavy atom. The van der Waals surface area contributed by atoms with E-state index >= 15 is 0 Å². The minimum atomic E-state index is 0.466. The molecule has 0 spiro atoms. The average Bonchev–Trinajstić information content (AvgIpc) is 2.77. The van der Waals surface area contributed by atoms with E-state index in [0.29, 0.717) is 11.9 Å². The second kappa shape index (κ2) is 4.97. The van der Waals surface area contributed by atoms with Gasteiger partial charge in [-0.2, -0.15) is 5.10 Å². The minimum absolute atomic E-state index is 0.466. The third-order valence-electron chi connectivity index (χ3n) is 3.51. The standard InChI is InChI=1S/C11H18ClN3/c1-2-9-3-5-10(6-4-9)15-11(7-12)13-8-14-15/h8-10H,2-7H2,1H3. The molecule has 0 atom stereocenters. The summed E-state index contributed by atoms with van der Waals surface area (Å²) in [5, 5.41) is 4.28. The molecule has 1 aromatic heterocycles. The molecule has 84 valence electrons. The van der Waals surface area contributed by atoms with Crippen LogP contribution < -0.4 is 0 Å². The van der Waals surface area contributed by atoms with Gasteiger partial charge in [0.2, 0.25) is 0 Å². The van der Waals surface area contributed by atoms with Gasteiger partial charge in [-0.15, -0.1) is 11.6 Å². The van der Waals surface area contributed by atoms with Crippen LogP contribution in [0.3, 0.4) is 0 Å². The van der Waals surface area contributed by atoms with Crippen LogP contribution in [0.2, 0.25) is 0 Å². The van der Waals surface area contributed by atoms with Crippen LogP contribution in [0.15, 0.2) is 6.33 Å². The molecular formula is C11H18ClN3. The van der Waals surface area contributed by atoms with Crippen LogP contribution in [0, 0.1) is 5.92 Å². The molecule has 4 heteroatoms. The molecule has 0 N–H and O–H groups in total. The zero-order valence-corrected chi connectivity index (χ0v) is 9.95. The Morgan fingerprint density at radius 3 is 2.73 bits per heavy atom. The van der Waals surface area contributed by atoms with Gasteiger partial charge in [-0.05, 0) is 31.6 Å². The highest BCUT2D eigenvalue weighted by molar-refractivity contribution is 6.16. The molecule has 0 radical (unpaired) electrons. The van der Waals surface area contributed by atoms with Gasteiger partial charge in [-0.3, -0.25) is 0 Å². The van der Waals surface area contributed by atoms with E-state index in [1.54, 1.807) is 6.33 Å². The smallest absolute Gasteiger partial charge is 0.142 e. The third kappa shape index (κ3) is 2.33. The lowest BCUT2D eigenvalue weighted by atomic mass is 9.84. The van der Waals surface area contributed by atoms with E-state index in [1.807, 2.05) is 4.68 Å². The summed E-state index contributed by atoms with van der Waals surface area (Å²) < 4.78 is 2.03. The van der Waals surface area contributed by atoms with E-state index in [4.69, 9.17) is 11.6 Å². The fraction of sp³-hybridized carbons (Fsp3) is 0.818. The normalized spacial score (nSPS) is 26.8. The summed E-state index contributed by atoms with van der Waals surface area (Å²) in [6.07, 6.45) is 8.03. The van der Waals surface area contributed by atoms with Gasteiger partial charge in [-0.25, -0.2) is 9.67 Å². The summed E-state index contributed by atoms with van der Waals surface area (Å²) in [7, 11) is 0. The maximum atomic E-state index is 5.83. The van der Waals surface area contributed by atoms with E-state index in [-0.39, 0.29) is 0 Å². The van der Waals surface area contributed by atoms with Gasteiger partial charge >= 0.3 is 0 Å². The molecule has 2 rings (SSSR count). The molecule has 1 fully saturated rings. The van der Waals surface area contributed by atoms with Crippen molar-refractivity contribution in [3.63, 3.8) is 0 Å². The summed E-state index contributed by atoms with van der Waals surface area (Å²) >= 11 is 5.83. The Balaban J connectivity index is 2.01. The number of aromatic nitrogens is 3. The SMILES string of the molecule is CCC1CCC(n2ncnc2CCl)CC1. The number of hydrogen-bond acceptors (Lipinski definition) is 2. The lowest BCUT2D eigenvalue weighted by molar-refractivity contribution is 0.253. The van der Waals surface area contributed by atoms with Crippen LogP contribution in [0.1, 0.15) is 50.9 Å². The van der Waals surface area contributed by atoms with Crippen molar-refractivity contribution in [1.29, 1.82) is 0 Å². The molecule has 0 amide bonds. The summed E-state index contributed by atoms with van der Waals surface area (Å²) in [6.45, 7) is 2.28. The first kappa shape index (κ1) is 10.9. The van der Waals surface area contributed by atoms with Crippen LogP contribution in [0.5, 0.6) is 0 Å². The van der Waals surface area contributed by atoms with E-state index in [2.05, 4.69) is 17.0 Å². The second-order valence-corrected chi connectivity index (χ2v) is 4.60. The summed E-state index contributed by atoms with van der Waals surface area (Å²) in [5.41, 5.74) is 0. The molecule has 1 aliphatic rings. The van der Waals surface area contributed by atoms with E-state index in [0.717, 1.165) is 11.7 Å². The Morgan fingerprint density at radius 1 is 1.40 bits per heavy atom. The highest BCUT2D eigenvalue weighted by Gasteiger charge is 2.23. The van der Waals surface area contributed by atoms with Gasteiger partial charge in [0.1, 0.15) is 12.2 Å². The molecule has 0 saturated heterocycles. The monoisotopic (exact) mass is 227 g/mol. The zero-order valence-electron chi connectivity index (χ0n) is 9.19. The largest absolute Gasteiger partial charge is 0.246 e. The topological polar surface area (TPSA) is 30.7 Å². The van der Waals surface area contributed by atoms with Gasteiger partial charge in [0.25, 0.3) is 0 Å². The molecular weight excluding hydrogens is 210 g/mol. The predicted molar refractivity (Wildman–Crippen MR) is 60.9 cm³/mol. The van der Waals surface area contributed by atoms with Gasteiger partial charge in [-0.1, -0.05) is 13.3 Å². The minimum Gasteiger partial charge on any atom is -0.246 e. The second-order valence-electron chi connectivity index (χ2n) is 4.34. The third-order valence-corrected chi connectivity index (χ3v) is 3.75. The average molecular weight is 228 g/mol. The fourth-order valence-electron chi connectivity index (χ4n) is 2.47. The molecule has 1 heterocycles. The van der Waals surface area contributed by atoms with Gasteiger partial charge in [0.05, 0.1) is 11.9 Å². The number of alkyl halides is 1. The Labute approximate surface area is 95.8 Å². The Hall–Kier alpha value is -0.570.